The summed E-state index contributed by atoms with van der Waals surface area (Å²) in [6, 6.07) is 0.0456. The van der Waals surface area contributed by atoms with Gasteiger partial charge in [-0.05, 0) is 19.3 Å². The molecule has 0 unspecified atom stereocenters. The van der Waals surface area contributed by atoms with E-state index in [1.165, 1.54) is 0 Å². The number of aromatic hydroxyl groups is 1. The first kappa shape index (κ1) is 14.1. The summed E-state index contributed by atoms with van der Waals surface area (Å²) in [5, 5.41) is 10.2. The van der Waals surface area contributed by atoms with Crippen LogP contribution in [0.3, 0.4) is 0 Å². The first-order valence-corrected chi connectivity index (χ1v) is 7.32. The van der Waals surface area contributed by atoms with E-state index in [2.05, 4.69) is 0 Å². The first-order chi connectivity index (χ1) is 9.91. The Hall–Kier alpha value is -1.82. The lowest BCUT2D eigenvalue weighted by Crippen LogP contribution is -2.56. The zero-order valence-corrected chi connectivity index (χ0v) is 12.5. The van der Waals surface area contributed by atoms with Gasteiger partial charge in [-0.3, -0.25) is 9.59 Å². The fourth-order valence-electron chi connectivity index (χ4n) is 3.09. The lowest BCUT2D eigenvalue weighted by atomic mass is 10.0. The summed E-state index contributed by atoms with van der Waals surface area (Å²) in [6.45, 7) is 6.80. The van der Waals surface area contributed by atoms with Gasteiger partial charge >= 0.3 is 0 Å². The summed E-state index contributed by atoms with van der Waals surface area (Å²) < 4.78 is 7.33. The van der Waals surface area contributed by atoms with Gasteiger partial charge in [-0.15, -0.1) is 0 Å². The largest absolute Gasteiger partial charge is 0.503 e. The molecular weight excluding hydrogens is 272 g/mol. The summed E-state index contributed by atoms with van der Waals surface area (Å²) in [5.74, 6) is -0.786. The van der Waals surface area contributed by atoms with Gasteiger partial charge in [0.2, 0.25) is 5.43 Å². The zero-order valence-electron chi connectivity index (χ0n) is 12.5. The Labute approximate surface area is 122 Å². The van der Waals surface area contributed by atoms with E-state index in [9.17, 15) is 14.7 Å². The third-order valence-electron chi connectivity index (χ3n) is 4.33. The molecule has 114 valence electrons. The van der Waals surface area contributed by atoms with Crippen molar-refractivity contribution >= 4 is 5.91 Å². The molecule has 3 rings (SSSR count). The van der Waals surface area contributed by atoms with Gasteiger partial charge < -0.3 is 19.3 Å². The molecule has 0 aliphatic carbocycles. The Morgan fingerprint density at radius 1 is 1.38 bits per heavy atom. The van der Waals surface area contributed by atoms with E-state index in [1.807, 2.05) is 20.8 Å². The van der Waals surface area contributed by atoms with Crippen LogP contribution in [0.5, 0.6) is 5.75 Å². The number of amides is 1. The minimum absolute atomic E-state index is 0.0134. The number of aromatic nitrogens is 1. The molecule has 0 saturated carbocycles. The molecule has 2 atom stereocenters. The van der Waals surface area contributed by atoms with Crippen LogP contribution in [0, 0.1) is 0 Å². The average Bonchev–Trinajstić information content (AvgIpc) is 2.42. The van der Waals surface area contributed by atoms with Gasteiger partial charge in [0, 0.05) is 17.8 Å². The topological polar surface area (TPSA) is 71.8 Å². The van der Waals surface area contributed by atoms with Gasteiger partial charge in [0.1, 0.15) is 0 Å². The van der Waals surface area contributed by atoms with Gasteiger partial charge in [0.15, 0.2) is 17.7 Å². The highest BCUT2D eigenvalue weighted by molar-refractivity contribution is 5.96. The van der Waals surface area contributed by atoms with E-state index in [-0.39, 0.29) is 29.8 Å². The van der Waals surface area contributed by atoms with Crippen LogP contribution in [-0.4, -0.2) is 39.4 Å². The van der Waals surface area contributed by atoms with Crippen LogP contribution in [0.4, 0.5) is 0 Å². The molecule has 3 heterocycles. The van der Waals surface area contributed by atoms with Gasteiger partial charge in [0.25, 0.3) is 5.91 Å². The molecule has 6 heteroatoms. The van der Waals surface area contributed by atoms with Gasteiger partial charge in [-0.1, -0.05) is 13.8 Å². The third kappa shape index (κ3) is 2.05. The van der Waals surface area contributed by atoms with Crippen LogP contribution in [0.2, 0.25) is 0 Å². The van der Waals surface area contributed by atoms with Crippen LogP contribution in [-0.2, 0) is 11.3 Å². The molecule has 21 heavy (non-hydrogen) atoms. The molecule has 0 spiro atoms. The van der Waals surface area contributed by atoms with Crippen molar-refractivity contribution in [3.63, 3.8) is 0 Å². The average molecular weight is 292 g/mol. The number of carbonyl (C=O) groups is 1. The van der Waals surface area contributed by atoms with Gasteiger partial charge in [-0.2, -0.15) is 0 Å². The number of pyridine rings is 1. The molecular formula is C15H20N2O4. The highest BCUT2D eigenvalue weighted by Gasteiger charge is 2.40. The van der Waals surface area contributed by atoms with E-state index >= 15 is 0 Å². The molecule has 1 N–H and O–H groups in total. The second-order valence-corrected chi connectivity index (χ2v) is 6.09. The van der Waals surface area contributed by atoms with Crippen LogP contribution >= 0.6 is 0 Å². The van der Waals surface area contributed by atoms with Crippen LogP contribution in [0.25, 0.3) is 0 Å². The highest BCUT2D eigenvalue weighted by atomic mass is 16.5. The van der Waals surface area contributed by atoms with Gasteiger partial charge in [0.05, 0.1) is 13.2 Å². The quantitative estimate of drug-likeness (QED) is 0.846. The minimum Gasteiger partial charge on any atom is -0.503 e. The number of ether oxygens (including phenoxy) is 1. The van der Waals surface area contributed by atoms with E-state index in [1.54, 1.807) is 15.7 Å². The monoisotopic (exact) mass is 292 g/mol. The number of carbonyl (C=O) groups excluding carboxylic acids is 1. The second-order valence-electron chi connectivity index (χ2n) is 6.09. The second kappa shape index (κ2) is 4.87. The van der Waals surface area contributed by atoms with Crippen LogP contribution in [0.15, 0.2) is 11.0 Å². The summed E-state index contributed by atoms with van der Waals surface area (Å²) in [5.41, 5.74) is 0.146. The number of fused-ring (bicyclic) bond motifs is 2. The molecule has 1 saturated heterocycles. The smallest absolute Gasteiger partial charge is 0.276 e. The minimum atomic E-state index is -0.450. The third-order valence-corrected chi connectivity index (χ3v) is 4.33. The predicted octanol–water partition coefficient (Wildman–Crippen LogP) is 1.27. The number of hydrogen-bond donors (Lipinski definition) is 1. The number of hydrogen-bond acceptors (Lipinski definition) is 4. The van der Waals surface area contributed by atoms with Crippen molar-refractivity contribution in [1.29, 1.82) is 0 Å². The van der Waals surface area contributed by atoms with Crippen LogP contribution in [0.1, 0.15) is 49.2 Å². The summed E-state index contributed by atoms with van der Waals surface area (Å²) >= 11 is 0. The molecule has 1 aromatic rings. The molecule has 0 aromatic carbocycles. The Kier molecular flexibility index (Phi) is 3.28. The lowest BCUT2D eigenvalue weighted by molar-refractivity contribution is -0.112. The Morgan fingerprint density at radius 3 is 2.76 bits per heavy atom. The maximum absolute atomic E-state index is 12.6. The van der Waals surface area contributed by atoms with Crippen molar-refractivity contribution in [2.24, 2.45) is 0 Å². The zero-order chi connectivity index (χ0) is 15.3. The number of nitrogens with zero attached hydrogens (tertiary/aromatic N) is 2. The van der Waals surface area contributed by atoms with Crippen molar-refractivity contribution in [2.75, 3.05) is 6.61 Å². The van der Waals surface area contributed by atoms with E-state index in [0.717, 1.165) is 6.42 Å². The Balaban J connectivity index is 2.16. The Morgan fingerprint density at radius 2 is 2.10 bits per heavy atom. The number of rotatable bonds is 1. The van der Waals surface area contributed by atoms with Crippen molar-refractivity contribution in [3.05, 3.63) is 27.7 Å². The summed E-state index contributed by atoms with van der Waals surface area (Å²) in [7, 11) is 0. The van der Waals surface area contributed by atoms with E-state index in [4.69, 9.17) is 4.74 Å². The van der Waals surface area contributed by atoms with Crippen molar-refractivity contribution < 1.29 is 14.6 Å². The van der Waals surface area contributed by atoms with Gasteiger partial charge in [-0.25, -0.2) is 0 Å². The lowest BCUT2D eigenvalue weighted by Gasteiger charge is -2.44. The van der Waals surface area contributed by atoms with Crippen LogP contribution < -0.4 is 5.43 Å². The molecule has 0 bridgehead atoms. The molecule has 1 amide bonds. The molecule has 2 aliphatic rings. The molecule has 2 aliphatic heterocycles. The fourth-order valence-corrected chi connectivity index (χ4v) is 3.09. The Bertz CT molecular complexity index is 650. The van der Waals surface area contributed by atoms with Crippen molar-refractivity contribution in [1.82, 2.24) is 9.47 Å². The summed E-state index contributed by atoms with van der Waals surface area (Å²) in [6.07, 6.45) is 2.12. The predicted molar refractivity (Wildman–Crippen MR) is 76.4 cm³/mol. The summed E-state index contributed by atoms with van der Waals surface area (Å²) in [4.78, 5) is 26.5. The van der Waals surface area contributed by atoms with Crippen molar-refractivity contribution in [2.45, 2.75) is 51.9 Å². The van der Waals surface area contributed by atoms with Crippen molar-refractivity contribution in [3.8, 4) is 5.75 Å². The normalized spacial score (nSPS) is 25.0. The highest BCUT2D eigenvalue weighted by Crippen LogP contribution is 2.30. The molecule has 6 nitrogen and oxygen atoms in total. The first-order valence-electron chi connectivity index (χ1n) is 7.32. The maximum atomic E-state index is 12.6. The van der Waals surface area contributed by atoms with E-state index < -0.39 is 11.2 Å². The van der Waals surface area contributed by atoms with E-state index in [0.29, 0.717) is 18.7 Å². The maximum Gasteiger partial charge on any atom is 0.276 e. The molecule has 1 fully saturated rings. The standard InChI is InChI=1S/C15H20N2O4/c1-8(2)10-6-16-7-11-17(9(3)4-5-21-11)15(20)12(16)14(19)13(10)18/h6,8-9,11,19H,4-5,7H2,1-3H3/t9-,11+/m1/s1. The molecule has 0 radical (unpaired) electrons. The molecule has 1 aromatic heterocycles. The fraction of sp³-hybridized carbons (Fsp3) is 0.600. The SMILES string of the molecule is CC(C)c1cn2c(c(O)c1=O)C(=O)N1[C@H](C)CCO[C@H]1C2.